The van der Waals surface area contributed by atoms with E-state index in [4.69, 9.17) is 0 Å². The van der Waals surface area contributed by atoms with Gasteiger partial charge in [0.15, 0.2) is 0 Å². The van der Waals surface area contributed by atoms with Gasteiger partial charge in [-0.05, 0) is 30.5 Å². The van der Waals surface area contributed by atoms with E-state index in [9.17, 15) is 18.7 Å². The SMILES string of the molecule is O=C(O)c1cc(NS(=O)O)c(Cc2ccccc2)c(N2CCCC2)c1. The minimum Gasteiger partial charge on any atom is -0.478 e. The first-order chi connectivity index (χ1) is 12.0. The quantitative estimate of drug-likeness (QED) is 0.689. The standard InChI is InChI=1S/C18H20N2O4S/c21-18(22)14-11-16(19-25(23)24)15(10-13-6-2-1-3-7-13)17(12-14)20-8-4-5-9-20/h1-3,6-7,11-12,19H,4-5,8-10H2,(H,21,22)(H,23,24). The molecular formula is C18H20N2O4S. The third-order valence-electron chi connectivity index (χ3n) is 4.34. The van der Waals surface area contributed by atoms with Crippen LogP contribution in [0.3, 0.4) is 0 Å². The maximum atomic E-state index is 11.5. The Morgan fingerprint density at radius 1 is 1.16 bits per heavy atom. The van der Waals surface area contributed by atoms with Crippen molar-refractivity contribution in [2.45, 2.75) is 19.3 Å². The van der Waals surface area contributed by atoms with E-state index in [1.54, 1.807) is 6.07 Å². The molecule has 1 atom stereocenters. The second-order valence-corrected chi connectivity index (χ2v) is 6.74. The van der Waals surface area contributed by atoms with E-state index in [-0.39, 0.29) is 5.56 Å². The fraction of sp³-hybridized carbons (Fsp3) is 0.278. The summed E-state index contributed by atoms with van der Waals surface area (Å²) in [7, 11) is 0. The first-order valence-electron chi connectivity index (χ1n) is 8.11. The van der Waals surface area contributed by atoms with E-state index >= 15 is 0 Å². The van der Waals surface area contributed by atoms with Crippen LogP contribution < -0.4 is 9.62 Å². The molecule has 1 unspecified atom stereocenters. The molecule has 3 rings (SSSR count). The average Bonchev–Trinajstić information content (AvgIpc) is 3.11. The van der Waals surface area contributed by atoms with Gasteiger partial charge in [0.2, 0.25) is 0 Å². The molecule has 2 aromatic carbocycles. The maximum Gasteiger partial charge on any atom is 0.335 e. The van der Waals surface area contributed by atoms with Crippen molar-refractivity contribution in [1.29, 1.82) is 0 Å². The highest BCUT2D eigenvalue weighted by Gasteiger charge is 2.22. The summed E-state index contributed by atoms with van der Waals surface area (Å²) in [5.74, 6) is -1.06. The minimum atomic E-state index is -2.28. The van der Waals surface area contributed by atoms with Crippen LogP contribution >= 0.6 is 0 Å². The number of hydrogen-bond donors (Lipinski definition) is 3. The molecule has 3 N–H and O–H groups in total. The minimum absolute atomic E-state index is 0.103. The molecule has 132 valence electrons. The number of aromatic carboxylic acids is 1. The molecule has 0 saturated carbocycles. The Kier molecular flexibility index (Phi) is 5.35. The first kappa shape index (κ1) is 17.4. The fourth-order valence-electron chi connectivity index (χ4n) is 3.19. The Balaban J connectivity index is 2.12. The monoisotopic (exact) mass is 360 g/mol. The topological polar surface area (TPSA) is 89.9 Å². The molecule has 6 nitrogen and oxygen atoms in total. The van der Waals surface area contributed by atoms with Crippen LogP contribution in [0.25, 0.3) is 0 Å². The van der Waals surface area contributed by atoms with Gasteiger partial charge in [0.05, 0.1) is 11.3 Å². The van der Waals surface area contributed by atoms with Crippen LogP contribution in [0.15, 0.2) is 42.5 Å². The number of benzene rings is 2. The zero-order valence-corrected chi connectivity index (χ0v) is 14.5. The van der Waals surface area contributed by atoms with Gasteiger partial charge in [-0.15, -0.1) is 0 Å². The number of hydrogen-bond acceptors (Lipinski definition) is 3. The number of rotatable bonds is 6. The molecule has 0 aromatic heterocycles. The Morgan fingerprint density at radius 3 is 2.44 bits per heavy atom. The normalized spacial score (nSPS) is 15.2. The lowest BCUT2D eigenvalue weighted by Crippen LogP contribution is -2.21. The van der Waals surface area contributed by atoms with Gasteiger partial charge in [0.1, 0.15) is 0 Å². The predicted molar refractivity (Wildman–Crippen MR) is 98.5 cm³/mol. The van der Waals surface area contributed by atoms with Crippen molar-refractivity contribution in [3.63, 3.8) is 0 Å². The van der Waals surface area contributed by atoms with Crippen LogP contribution in [-0.4, -0.2) is 32.9 Å². The third-order valence-corrected chi connectivity index (χ3v) is 4.74. The number of carbonyl (C=O) groups is 1. The van der Waals surface area contributed by atoms with Crippen LogP contribution in [0.4, 0.5) is 11.4 Å². The van der Waals surface area contributed by atoms with Gasteiger partial charge in [0.25, 0.3) is 11.3 Å². The third kappa shape index (κ3) is 4.18. The lowest BCUT2D eigenvalue weighted by Gasteiger charge is -2.24. The van der Waals surface area contributed by atoms with Gasteiger partial charge < -0.3 is 10.0 Å². The smallest absolute Gasteiger partial charge is 0.335 e. The van der Waals surface area contributed by atoms with E-state index in [0.29, 0.717) is 12.1 Å². The molecule has 1 heterocycles. The number of anilines is 2. The van der Waals surface area contributed by atoms with Crippen molar-refractivity contribution >= 4 is 28.6 Å². The molecule has 7 heteroatoms. The second kappa shape index (κ2) is 7.67. The Hall–Kier alpha value is -2.38. The van der Waals surface area contributed by atoms with E-state index in [0.717, 1.165) is 42.7 Å². The Morgan fingerprint density at radius 2 is 1.84 bits per heavy atom. The molecule has 0 radical (unpaired) electrons. The van der Waals surface area contributed by atoms with Crippen LogP contribution in [0.2, 0.25) is 0 Å². The zero-order chi connectivity index (χ0) is 17.8. The number of nitrogens with zero attached hydrogens (tertiary/aromatic N) is 1. The highest BCUT2D eigenvalue weighted by molar-refractivity contribution is 7.80. The molecule has 1 fully saturated rings. The number of carboxylic acids is 1. The molecule has 2 aromatic rings. The van der Waals surface area contributed by atoms with E-state index in [1.165, 1.54) is 6.07 Å². The molecule has 0 bridgehead atoms. The molecular weight excluding hydrogens is 340 g/mol. The molecule has 1 aliphatic heterocycles. The van der Waals surface area contributed by atoms with Gasteiger partial charge in [0, 0.05) is 30.8 Å². The van der Waals surface area contributed by atoms with Crippen molar-refractivity contribution < 1.29 is 18.7 Å². The van der Waals surface area contributed by atoms with Crippen LogP contribution in [0, 0.1) is 0 Å². The van der Waals surface area contributed by atoms with Gasteiger partial charge >= 0.3 is 5.97 Å². The summed E-state index contributed by atoms with van der Waals surface area (Å²) in [4.78, 5) is 13.6. The number of carboxylic acid groups (broad SMARTS) is 1. The Bertz CT molecular complexity index is 789. The Labute approximate surface area is 148 Å². The highest BCUT2D eigenvalue weighted by Crippen LogP contribution is 2.34. The summed E-state index contributed by atoms with van der Waals surface area (Å²) >= 11 is -2.28. The first-order valence-corrected chi connectivity index (χ1v) is 9.22. The lowest BCUT2D eigenvalue weighted by atomic mass is 9.98. The van der Waals surface area contributed by atoms with Gasteiger partial charge in [-0.2, -0.15) is 0 Å². The molecule has 1 saturated heterocycles. The summed E-state index contributed by atoms with van der Waals surface area (Å²) in [5, 5.41) is 9.41. The molecule has 0 spiro atoms. The second-order valence-electron chi connectivity index (χ2n) is 6.03. The van der Waals surface area contributed by atoms with E-state index in [1.807, 2.05) is 30.3 Å². The zero-order valence-electron chi connectivity index (χ0n) is 13.6. The largest absolute Gasteiger partial charge is 0.478 e. The van der Waals surface area contributed by atoms with Crippen molar-refractivity contribution in [2.24, 2.45) is 0 Å². The van der Waals surface area contributed by atoms with E-state index < -0.39 is 17.2 Å². The lowest BCUT2D eigenvalue weighted by molar-refractivity contribution is 0.0697. The van der Waals surface area contributed by atoms with Crippen LogP contribution in [0.5, 0.6) is 0 Å². The van der Waals surface area contributed by atoms with Crippen LogP contribution in [0.1, 0.15) is 34.3 Å². The number of nitrogens with one attached hydrogen (secondary N) is 1. The van der Waals surface area contributed by atoms with Crippen molar-refractivity contribution in [3.8, 4) is 0 Å². The summed E-state index contributed by atoms with van der Waals surface area (Å²) in [6, 6.07) is 12.9. The summed E-state index contributed by atoms with van der Waals surface area (Å²) in [5.41, 5.74) is 3.19. The van der Waals surface area contributed by atoms with Crippen molar-refractivity contribution in [1.82, 2.24) is 0 Å². The van der Waals surface area contributed by atoms with E-state index in [2.05, 4.69) is 9.62 Å². The van der Waals surface area contributed by atoms with Gasteiger partial charge in [-0.1, -0.05) is 30.3 Å². The van der Waals surface area contributed by atoms with Crippen molar-refractivity contribution in [3.05, 3.63) is 59.2 Å². The summed E-state index contributed by atoms with van der Waals surface area (Å²) in [6.07, 6.45) is 2.65. The molecule has 0 aliphatic carbocycles. The fourth-order valence-corrected chi connectivity index (χ4v) is 3.56. The van der Waals surface area contributed by atoms with Crippen molar-refractivity contribution in [2.75, 3.05) is 22.7 Å². The molecule has 0 amide bonds. The molecule has 1 aliphatic rings. The summed E-state index contributed by atoms with van der Waals surface area (Å²) in [6.45, 7) is 1.71. The van der Waals surface area contributed by atoms with Crippen LogP contribution in [-0.2, 0) is 17.7 Å². The van der Waals surface area contributed by atoms with Gasteiger partial charge in [-0.3, -0.25) is 9.27 Å². The maximum absolute atomic E-state index is 11.5. The summed E-state index contributed by atoms with van der Waals surface area (Å²) < 4.78 is 23.1. The van der Waals surface area contributed by atoms with Gasteiger partial charge in [-0.25, -0.2) is 9.00 Å². The molecule has 25 heavy (non-hydrogen) atoms. The highest BCUT2D eigenvalue weighted by atomic mass is 32.2. The predicted octanol–water partition coefficient (Wildman–Crippen LogP) is 3.12. The average molecular weight is 360 g/mol.